The van der Waals surface area contributed by atoms with E-state index in [0.29, 0.717) is 30.2 Å². The van der Waals surface area contributed by atoms with Gasteiger partial charge in [-0.15, -0.1) is 0 Å². The maximum Gasteiger partial charge on any atom is 0.255 e. The average molecular weight is 254 g/mol. The van der Waals surface area contributed by atoms with Gasteiger partial charge in [0.25, 0.3) is 5.91 Å². The zero-order chi connectivity index (χ0) is 13.4. The number of ether oxygens (including phenoxy) is 2. The van der Waals surface area contributed by atoms with Gasteiger partial charge in [0.05, 0.1) is 32.5 Å². The molecule has 0 spiro atoms. The number of amides is 1. The minimum atomic E-state index is -0.251. The summed E-state index contributed by atoms with van der Waals surface area (Å²) in [6, 6.07) is 4.84. The fourth-order valence-electron chi connectivity index (χ4n) is 1.39. The van der Waals surface area contributed by atoms with E-state index in [1.807, 2.05) is 0 Å². The first-order chi connectivity index (χ1) is 8.69. The van der Waals surface area contributed by atoms with Crippen molar-refractivity contribution in [2.45, 2.75) is 0 Å². The SMILES string of the molecule is COc1cc(N)ccc1C(=O)NCCOCCO. The van der Waals surface area contributed by atoms with E-state index in [9.17, 15) is 4.79 Å². The molecule has 0 bridgehead atoms. The lowest BCUT2D eigenvalue weighted by atomic mass is 10.1. The number of nitrogens with one attached hydrogen (secondary N) is 1. The number of hydrogen-bond donors (Lipinski definition) is 3. The van der Waals surface area contributed by atoms with Gasteiger partial charge in [0.2, 0.25) is 0 Å². The second kappa shape index (κ2) is 7.52. The van der Waals surface area contributed by atoms with Crippen molar-refractivity contribution in [2.75, 3.05) is 39.2 Å². The van der Waals surface area contributed by atoms with Crippen LogP contribution >= 0.6 is 0 Å². The van der Waals surface area contributed by atoms with Crippen LogP contribution in [-0.4, -0.2) is 44.5 Å². The molecule has 1 aromatic rings. The third-order valence-electron chi connectivity index (χ3n) is 2.24. The van der Waals surface area contributed by atoms with E-state index in [-0.39, 0.29) is 19.1 Å². The molecule has 1 amide bonds. The number of anilines is 1. The number of carbonyl (C=O) groups is 1. The van der Waals surface area contributed by atoms with Crippen LogP contribution in [0.3, 0.4) is 0 Å². The third kappa shape index (κ3) is 4.23. The number of hydrogen-bond acceptors (Lipinski definition) is 5. The molecule has 0 aliphatic carbocycles. The second-order valence-corrected chi connectivity index (χ2v) is 3.55. The molecular formula is C12H18N2O4. The lowest BCUT2D eigenvalue weighted by Crippen LogP contribution is -2.28. The predicted octanol–water partition coefficient (Wildman–Crippen LogP) is 0.0161. The summed E-state index contributed by atoms with van der Waals surface area (Å²) in [6.07, 6.45) is 0. The van der Waals surface area contributed by atoms with Crippen LogP contribution in [0.15, 0.2) is 18.2 Å². The van der Waals surface area contributed by atoms with E-state index >= 15 is 0 Å². The molecule has 1 rings (SSSR count). The normalized spacial score (nSPS) is 10.1. The van der Waals surface area contributed by atoms with Gasteiger partial charge in [0.1, 0.15) is 5.75 Å². The Labute approximate surface area is 106 Å². The maximum absolute atomic E-state index is 11.8. The number of benzene rings is 1. The van der Waals surface area contributed by atoms with Gasteiger partial charge in [0, 0.05) is 18.3 Å². The highest BCUT2D eigenvalue weighted by molar-refractivity contribution is 5.97. The number of carbonyl (C=O) groups excluding carboxylic acids is 1. The van der Waals surface area contributed by atoms with Crippen molar-refractivity contribution in [3.05, 3.63) is 23.8 Å². The first-order valence-corrected chi connectivity index (χ1v) is 5.59. The Balaban J connectivity index is 2.51. The molecule has 0 saturated carbocycles. The molecule has 0 aliphatic heterocycles. The van der Waals surface area contributed by atoms with E-state index in [4.69, 9.17) is 20.3 Å². The molecule has 0 unspecified atom stereocenters. The molecule has 0 atom stereocenters. The molecular weight excluding hydrogens is 236 g/mol. The Kier molecular flexibility index (Phi) is 5.96. The number of methoxy groups -OCH3 is 1. The third-order valence-corrected chi connectivity index (χ3v) is 2.24. The van der Waals surface area contributed by atoms with Gasteiger partial charge < -0.3 is 25.6 Å². The average Bonchev–Trinajstić information content (AvgIpc) is 2.38. The topological polar surface area (TPSA) is 93.8 Å². The minimum Gasteiger partial charge on any atom is -0.496 e. The first kappa shape index (κ1) is 14.3. The van der Waals surface area contributed by atoms with Gasteiger partial charge in [-0.05, 0) is 12.1 Å². The van der Waals surface area contributed by atoms with Gasteiger partial charge in [-0.25, -0.2) is 0 Å². The summed E-state index contributed by atoms with van der Waals surface area (Å²) in [5, 5.41) is 11.2. The summed E-state index contributed by atoms with van der Waals surface area (Å²) in [5.74, 6) is 0.184. The van der Waals surface area contributed by atoms with E-state index < -0.39 is 0 Å². The molecule has 0 heterocycles. The van der Waals surface area contributed by atoms with Crippen LogP contribution < -0.4 is 15.8 Å². The first-order valence-electron chi connectivity index (χ1n) is 5.59. The molecule has 0 saturated heterocycles. The molecule has 0 aromatic heterocycles. The van der Waals surface area contributed by atoms with Gasteiger partial charge in [-0.3, -0.25) is 4.79 Å². The highest BCUT2D eigenvalue weighted by atomic mass is 16.5. The van der Waals surface area contributed by atoms with Crippen LogP contribution in [0.2, 0.25) is 0 Å². The Hall–Kier alpha value is -1.79. The van der Waals surface area contributed by atoms with Crippen LogP contribution in [-0.2, 0) is 4.74 Å². The molecule has 100 valence electrons. The van der Waals surface area contributed by atoms with Gasteiger partial charge in [-0.2, -0.15) is 0 Å². The molecule has 0 radical (unpaired) electrons. The molecule has 4 N–H and O–H groups in total. The summed E-state index contributed by atoms with van der Waals surface area (Å²) < 4.78 is 10.1. The molecule has 6 heteroatoms. The maximum atomic E-state index is 11.8. The molecule has 0 fully saturated rings. The Bertz CT molecular complexity index is 396. The fraction of sp³-hybridized carbons (Fsp3) is 0.417. The summed E-state index contributed by atoms with van der Waals surface area (Å²) in [7, 11) is 1.48. The molecule has 1 aromatic carbocycles. The van der Waals surface area contributed by atoms with Crippen molar-refractivity contribution >= 4 is 11.6 Å². The van der Waals surface area contributed by atoms with Crippen molar-refractivity contribution in [3.63, 3.8) is 0 Å². The van der Waals surface area contributed by atoms with E-state index in [2.05, 4.69) is 5.32 Å². The Morgan fingerprint density at radius 2 is 2.22 bits per heavy atom. The van der Waals surface area contributed by atoms with Crippen molar-refractivity contribution in [3.8, 4) is 5.75 Å². The van der Waals surface area contributed by atoms with Crippen molar-refractivity contribution in [1.82, 2.24) is 5.32 Å². The smallest absolute Gasteiger partial charge is 0.255 e. The fourth-order valence-corrected chi connectivity index (χ4v) is 1.39. The van der Waals surface area contributed by atoms with Crippen molar-refractivity contribution in [2.24, 2.45) is 0 Å². The highest BCUT2D eigenvalue weighted by Gasteiger charge is 2.11. The van der Waals surface area contributed by atoms with Crippen molar-refractivity contribution < 1.29 is 19.4 Å². The highest BCUT2D eigenvalue weighted by Crippen LogP contribution is 2.21. The zero-order valence-electron chi connectivity index (χ0n) is 10.3. The Morgan fingerprint density at radius 1 is 1.44 bits per heavy atom. The number of aliphatic hydroxyl groups is 1. The molecule has 6 nitrogen and oxygen atoms in total. The second-order valence-electron chi connectivity index (χ2n) is 3.55. The minimum absolute atomic E-state index is 0.0280. The van der Waals surface area contributed by atoms with Crippen LogP contribution in [0.4, 0.5) is 5.69 Å². The summed E-state index contributed by atoms with van der Waals surface area (Å²) in [4.78, 5) is 11.8. The summed E-state index contributed by atoms with van der Waals surface area (Å²) in [5.41, 5.74) is 6.56. The number of nitrogen functional groups attached to an aromatic ring is 1. The van der Waals surface area contributed by atoms with Crippen molar-refractivity contribution in [1.29, 1.82) is 0 Å². The van der Waals surface area contributed by atoms with E-state index in [0.717, 1.165) is 0 Å². The summed E-state index contributed by atoms with van der Waals surface area (Å²) >= 11 is 0. The van der Waals surface area contributed by atoms with Crippen LogP contribution in [0, 0.1) is 0 Å². The van der Waals surface area contributed by atoms with Crippen LogP contribution in [0.25, 0.3) is 0 Å². The van der Waals surface area contributed by atoms with Gasteiger partial charge >= 0.3 is 0 Å². The van der Waals surface area contributed by atoms with Gasteiger partial charge in [0.15, 0.2) is 0 Å². The monoisotopic (exact) mass is 254 g/mol. The lowest BCUT2D eigenvalue weighted by Gasteiger charge is -2.10. The number of rotatable bonds is 7. The van der Waals surface area contributed by atoms with E-state index in [1.54, 1.807) is 18.2 Å². The van der Waals surface area contributed by atoms with Crippen LogP contribution in [0.1, 0.15) is 10.4 Å². The molecule has 18 heavy (non-hydrogen) atoms. The van der Waals surface area contributed by atoms with E-state index in [1.165, 1.54) is 7.11 Å². The largest absolute Gasteiger partial charge is 0.496 e. The summed E-state index contributed by atoms with van der Waals surface area (Å²) in [6.45, 7) is 0.955. The number of aliphatic hydroxyl groups excluding tert-OH is 1. The quantitative estimate of drug-likeness (QED) is 0.471. The van der Waals surface area contributed by atoms with Gasteiger partial charge in [-0.1, -0.05) is 0 Å². The lowest BCUT2D eigenvalue weighted by molar-refractivity contribution is 0.0836. The zero-order valence-corrected chi connectivity index (χ0v) is 10.3. The predicted molar refractivity (Wildman–Crippen MR) is 67.6 cm³/mol. The number of nitrogens with two attached hydrogens (primary N) is 1. The standard InChI is InChI=1S/C12H18N2O4/c1-17-11-8-9(13)2-3-10(11)12(16)14-4-6-18-7-5-15/h2-3,8,15H,4-7,13H2,1H3,(H,14,16). The molecule has 0 aliphatic rings. The Morgan fingerprint density at radius 3 is 2.89 bits per heavy atom. The van der Waals surface area contributed by atoms with Crippen LogP contribution in [0.5, 0.6) is 5.75 Å².